The van der Waals surface area contributed by atoms with Gasteiger partial charge in [-0.1, -0.05) is 18.2 Å². The summed E-state index contributed by atoms with van der Waals surface area (Å²) >= 11 is 0. The van der Waals surface area contributed by atoms with Crippen molar-refractivity contribution in [1.82, 2.24) is 9.29 Å². The van der Waals surface area contributed by atoms with Gasteiger partial charge in [0, 0.05) is 29.2 Å². The van der Waals surface area contributed by atoms with E-state index in [0.29, 0.717) is 25.8 Å². The summed E-state index contributed by atoms with van der Waals surface area (Å²) in [4.78, 5) is 11.1. The van der Waals surface area contributed by atoms with E-state index in [9.17, 15) is 17.6 Å². The van der Waals surface area contributed by atoms with Crippen LogP contribution in [0.15, 0.2) is 53.4 Å². The average molecular weight is 418 g/mol. The molecule has 0 saturated heterocycles. The Morgan fingerprint density at radius 3 is 2.62 bits per heavy atom. The lowest BCUT2D eigenvalue weighted by atomic mass is 9.92. The molecule has 29 heavy (non-hydrogen) atoms. The highest BCUT2D eigenvalue weighted by atomic mass is 32.2. The minimum Gasteiger partial charge on any atom is -0.481 e. The number of fused-ring (bicyclic) bond motifs is 3. The minimum atomic E-state index is -3.75. The molecule has 1 atom stereocenters. The number of para-hydroxylation sites is 1. The third-order valence-corrected chi connectivity index (χ3v) is 6.91. The van der Waals surface area contributed by atoms with E-state index < -0.39 is 21.8 Å². The quantitative estimate of drug-likeness (QED) is 0.644. The van der Waals surface area contributed by atoms with Gasteiger partial charge in [-0.2, -0.15) is 0 Å². The first kappa shape index (κ1) is 19.6. The van der Waals surface area contributed by atoms with Gasteiger partial charge in [-0.15, -0.1) is 0 Å². The number of hydrogen-bond donors (Lipinski definition) is 2. The summed E-state index contributed by atoms with van der Waals surface area (Å²) in [6, 6.07) is 12.3. The number of benzene rings is 2. The summed E-state index contributed by atoms with van der Waals surface area (Å²) in [5.41, 5.74) is 3.11. The number of nitrogens with one attached hydrogen (secondary N) is 1. The van der Waals surface area contributed by atoms with Crippen molar-refractivity contribution in [3.05, 3.63) is 65.6 Å². The lowest BCUT2D eigenvalue weighted by molar-refractivity contribution is -0.137. The van der Waals surface area contributed by atoms with Crippen molar-refractivity contribution in [2.24, 2.45) is 0 Å². The van der Waals surface area contributed by atoms with Gasteiger partial charge in [-0.25, -0.2) is 17.5 Å². The number of carbonyl (C=O) groups is 1. The molecule has 0 radical (unpaired) electrons. The molecule has 1 aliphatic carbocycles. The zero-order valence-corrected chi connectivity index (χ0v) is 16.5. The third kappa shape index (κ3) is 3.90. The van der Waals surface area contributed by atoms with Gasteiger partial charge in [0.1, 0.15) is 5.82 Å². The van der Waals surface area contributed by atoms with Crippen LogP contribution in [0.2, 0.25) is 0 Å². The zero-order valence-electron chi connectivity index (χ0n) is 15.6. The van der Waals surface area contributed by atoms with Gasteiger partial charge in [0.15, 0.2) is 0 Å². The molecule has 0 saturated carbocycles. The molecule has 0 bridgehead atoms. The highest BCUT2D eigenvalue weighted by Crippen LogP contribution is 2.33. The molecule has 2 N–H and O–H groups in total. The van der Waals surface area contributed by atoms with Crippen LogP contribution >= 0.6 is 0 Å². The molecule has 4 rings (SSSR count). The van der Waals surface area contributed by atoms with Crippen LogP contribution in [0.25, 0.3) is 10.9 Å². The van der Waals surface area contributed by atoms with Crippen LogP contribution in [0.5, 0.6) is 0 Å². The summed E-state index contributed by atoms with van der Waals surface area (Å²) in [6.45, 7) is 0.386. The summed E-state index contributed by atoms with van der Waals surface area (Å²) < 4.78 is 43.2. The number of halogens is 1. The molecule has 8 heteroatoms. The van der Waals surface area contributed by atoms with Gasteiger partial charge >= 0.3 is 5.97 Å². The highest BCUT2D eigenvalue weighted by Gasteiger charge is 2.28. The first-order valence-corrected chi connectivity index (χ1v) is 10.9. The van der Waals surface area contributed by atoms with Gasteiger partial charge in [0.25, 0.3) is 0 Å². The zero-order chi connectivity index (χ0) is 20.6. The number of carboxylic acid groups (broad SMARTS) is 1. The molecule has 0 fully saturated rings. The molecule has 152 valence electrons. The number of aliphatic carboxylic acids is 1. The van der Waals surface area contributed by atoms with Crippen LogP contribution in [0.3, 0.4) is 0 Å². The van der Waals surface area contributed by atoms with Crippen LogP contribution in [0.1, 0.15) is 24.1 Å². The van der Waals surface area contributed by atoms with Gasteiger partial charge in [0.2, 0.25) is 10.0 Å². The molecule has 2 aromatic carbocycles. The lowest BCUT2D eigenvalue weighted by Gasteiger charge is -2.25. The van der Waals surface area contributed by atoms with Crippen LogP contribution in [-0.2, 0) is 34.2 Å². The Bertz CT molecular complexity index is 1170. The van der Waals surface area contributed by atoms with Crippen molar-refractivity contribution in [3.63, 3.8) is 0 Å². The predicted octanol–water partition coefficient (Wildman–Crippen LogP) is 3.09. The maximum absolute atomic E-state index is 13.1. The number of aromatic nitrogens is 1. The van der Waals surface area contributed by atoms with Crippen LogP contribution < -0.4 is 4.72 Å². The second-order valence-corrected chi connectivity index (χ2v) is 8.97. The summed E-state index contributed by atoms with van der Waals surface area (Å²) in [5, 5.41) is 10.1. The fourth-order valence-corrected chi connectivity index (χ4v) is 5.34. The van der Waals surface area contributed by atoms with Crippen molar-refractivity contribution in [3.8, 4) is 0 Å². The fourth-order valence-electron chi connectivity index (χ4n) is 4.07. The van der Waals surface area contributed by atoms with Gasteiger partial charge < -0.3 is 9.67 Å². The molecule has 0 amide bonds. The molecule has 1 aliphatic rings. The SMILES string of the molecule is O=[14C](O)CCn1c2c(c3ccccc31)C[C@H](NS(=O)(=O)c1ccc(F)cc1)CC2. The first-order chi connectivity index (χ1) is 13.8. The van der Waals surface area contributed by atoms with Crippen LogP contribution in [-0.4, -0.2) is 30.1 Å². The lowest BCUT2D eigenvalue weighted by Crippen LogP contribution is -2.39. The second kappa shape index (κ2) is 7.61. The number of nitrogens with zero attached hydrogens (tertiary/aromatic N) is 1. The molecular formula is C21H21FN2O4S. The average Bonchev–Trinajstić information content (AvgIpc) is 2.99. The molecule has 0 unspecified atom stereocenters. The molecule has 1 aromatic heterocycles. The molecule has 0 aliphatic heterocycles. The molecule has 0 spiro atoms. The highest BCUT2D eigenvalue weighted by molar-refractivity contribution is 7.89. The topological polar surface area (TPSA) is 88.4 Å². The van der Waals surface area contributed by atoms with E-state index in [2.05, 4.69) is 4.72 Å². The predicted molar refractivity (Wildman–Crippen MR) is 107 cm³/mol. The molecular weight excluding hydrogens is 397 g/mol. The van der Waals surface area contributed by atoms with Crippen molar-refractivity contribution >= 4 is 26.9 Å². The maximum Gasteiger partial charge on any atom is 0.305 e. The number of carboxylic acids is 1. The van der Waals surface area contributed by atoms with Crippen LogP contribution in [0.4, 0.5) is 4.39 Å². The van der Waals surface area contributed by atoms with Crippen LogP contribution in [0, 0.1) is 5.82 Å². The smallest absolute Gasteiger partial charge is 0.305 e. The van der Waals surface area contributed by atoms with Gasteiger partial charge in [-0.3, -0.25) is 4.79 Å². The fraction of sp³-hybridized carbons (Fsp3) is 0.286. The summed E-state index contributed by atoms with van der Waals surface area (Å²) in [7, 11) is -3.75. The van der Waals surface area contributed by atoms with E-state index in [4.69, 9.17) is 5.11 Å². The number of sulfonamides is 1. The Kier molecular flexibility index (Phi) is 5.14. The number of rotatable bonds is 6. The number of aryl methyl sites for hydroxylation is 1. The number of hydrogen-bond acceptors (Lipinski definition) is 3. The molecule has 1 heterocycles. The van der Waals surface area contributed by atoms with E-state index in [1.165, 1.54) is 12.1 Å². The van der Waals surface area contributed by atoms with Gasteiger partial charge in [0.05, 0.1) is 11.3 Å². The Morgan fingerprint density at radius 2 is 1.90 bits per heavy atom. The standard InChI is InChI=1S/C21H21FN2O4S/c22-14-5-8-16(9-6-14)29(27,28)23-15-7-10-20-18(13-15)17-3-1-2-4-19(17)24(20)12-11-21(25)26/h1-6,8-9,15,23H,7,10-13H2,(H,25,26)/t15-/m1/s1/i21+2. The molecule has 3 aromatic rings. The van der Waals surface area contributed by atoms with Crippen molar-refractivity contribution in [2.75, 3.05) is 0 Å². The van der Waals surface area contributed by atoms with E-state index in [-0.39, 0.29) is 17.4 Å². The monoisotopic (exact) mass is 418 g/mol. The van der Waals surface area contributed by atoms with Crippen molar-refractivity contribution in [2.45, 2.75) is 43.2 Å². The van der Waals surface area contributed by atoms with Crippen molar-refractivity contribution < 1.29 is 22.7 Å². The van der Waals surface area contributed by atoms with E-state index in [1.807, 2.05) is 28.8 Å². The minimum absolute atomic E-state index is 0.0335. The summed E-state index contributed by atoms with van der Waals surface area (Å²) in [6.07, 6.45) is 1.82. The maximum atomic E-state index is 13.1. The Balaban J connectivity index is 1.62. The Hall–Kier alpha value is -2.71. The van der Waals surface area contributed by atoms with E-state index in [1.54, 1.807) is 0 Å². The van der Waals surface area contributed by atoms with E-state index >= 15 is 0 Å². The normalized spacial score (nSPS) is 16.7. The first-order valence-electron chi connectivity index (χ1n) is 9.44. The largest absolute Gasteiger partial charge is 0.481 e. The third-order valence-electron chi connectivity index (χ3n) is 5.37. The summed E-state index contributed by atoms with van der Waals surface area (Å²) in [5.74, 6) is -1.34. The Morgan fingerprint density at radius 1 is 1.17 bits per heavy atom. The molecule has 6 nitrogen and oxygen atoms in total. The van der Waals surface area contributed by atoms with Crippen molar-refractivity contribution in [1.29, 1.82) is 0 Å². The second-order valence-electron chi connectivity index (χ2n) is 7.25. The Labute approximate surface area is 168 Å². The van der Waals surface area contributed by atoms with E-state index in [0.717, 1.165) is 34.3 Å². The van der Waals surface area contributed by atoms with Gasteiger partial charge in [-0.05, 0) is 55.2 Å².